The minimum atomic E-state index is -0.443. The van der Waals surface area contributed by atoms with E-state index < -0.39 is 4.92 Å². The molecule has 0 bridgehead atoms. The fourth-order valence-corrected chi connectivity index (χ4v) is 3.54. The maximum absolute atomic E-state index is 11.0. The summed E-state index contributed by atoms with van der Waals surface area (Å²) in [4.78, 5) is 24.6. The van der Waals surface area contributed by atoms with E-state index in [-0.39, 0.29) is 5.69 Å². The Kier molecular flexibility index (Phi) is 4.34. The molecule has 0 spiro atoms. The van der Waals surface area contributed by atoms with Crippen molar-refractivity contribution >= 4 is 51.2 Å². The van der Waals surface area contributed by atoms with E-state index in [4.69, 9.17) is 28.2 Å². The van der Waals surface area contributed by atoms with E-state index >= 15 is 0 Å². The van der Waals surface area contributed by atoms with E-state index in [1.54, 1.807) is 30.3 Å². The van der Waals surface area contributed by atoms with Gasteiger partial charge >= 0.3 is 0 Å². The summed E-state index contributed by atoms with van der Waals surface area (Å²) in [6.07, 6.45) is 0. The van der Waals surface area contributed by atoms with Gasteiger partial charge in [-0.1, -0.05) is 35.3 Å². The fourth-order valence-electron chi connectivity index (χ4n) is 3.25. The Morgan fingerprint density at radius 2 is 1.53 bits per heavy atom. The molecule has 0 radical (unpaired) electrons. The maximum Gasteiger partial charge on any atom is 0.269 e. The van der Waals surface area contributed by atoms with Crippen molar-refractivity contribution in [3.8, 4) is 17.1 Å². The van der Waals surface area contributed by atoms with Gasteiger partial charge in [-0.3, -0.25) is 14.7 Å². The molecule has 146 valence electrons. The fraction of sp³-hybridized carbons (Fsp3) is 0. The number of nitrogens with zero attached hydrogens (tertiary/aromatic N) is 5. The third-order valence-electron chi connectivity index (χ3n) is 4.67. The third kappa shape index (κ3) is 3.04. The maximum atomic E-state index is 11.0. The zero-order valence-corrected chi connectivity index (χ0v) is 16.7. The SMILES string of the molecule is O=[N+]([O-])c1ccc(-c2nc3nc4ccccc4nc3n2-c2ccc(Cl)c(Cl)c2)cc1. The van der Waals surface area contributed by atoms with Crippen molar-refractivity contribution in [3.05, 3.63) is 86.9 Å². The molecule has 5 aromatic rings. The second-order valence-corrected chi connectivity index (χ2v) is 7.35. The Hall–Kier alpha value is -3.55. The molecule has 3 aromatic carbocycles. The van der Waals surface area contributed by atoms with Crippen molar-refractivity contribution < 1.29 is 4.92 Å². The molecular weight excluding hydrogens is 425 g/mol. The van der Waals surface area contributed by atoms with Crippen LogP contribution in [0.5, 0.6) is 0 Å². The molecule has 9 heteroatoms. The average molecular weight is 436 g/mol. The Morgan fingerprint density at radius 3 is 2.20 bits per heavy atom. The largest absolute Gasteiger partial charge is 0.275 e. The Labute approximate surface area is 179 Å². The lowest BCUT2D eigenvalue weighted by Crippen LogP contribution is -1.99. The predicted molar refractivity (Wildman–Crippen MR) is 116 cm³/mol. The molecule has 0 aliphatic carbocycles. The van der Waals surface area contributed by atoms with Crippen LogP contribution in [0.15, 0.2) is 66.7 Å². The van der Waals surface area contributed by atoms with Gasteiger partial charge in [-0.15, -0.1) is 0 Å². The lowest BCUT2D eigenvalue weighted by Gasteiger charge is -2.10. The number of fused-ring (bicyclic) bond motifs is 2. The number of non-ortho nitro benzene ring substituents is 1. The van der Waals surface area contributed by atoms with Crippen LogP contribution in [-0.2, 0) is 0 Å². The molecule has 0 saturated carbocycles. The zero-order chi connectivity index (χ0) is 20.8. The van der Waals surface area contributed by atoms with Crippen LogP contribution < -0.4 is 0 Å². The first kappa shape index (κ1) is 18.5. The summed E-state index contributed by atoms with van der Waals surface area (Å²) < 4.78 is 1.82. The van der Waals surface area contributed by atoms with E-state index in [0.29, 0.717) is 38.4 Å². The summed E-state index contributed by atoms with van der Waals surface area (Å²) in [5.74, 6) is 0.536. The first-order valence-corrected chi connectivity index (χ1v) is 9.62. The highest BCUT2D eigenvalue weighted by molar-refractivity contribution is 6.42. The van der Waals surface area contributed by atoms with Gasteiger partial charge in [0, 0.05) is 17.7 Å². The van der Waals surface area contributed by atoms with Gasteiger partial charge in [0.1, 0.15) is 5.82 Å². The van der Waals surface area contributed by atoms with Crippen molar-refractivity contribution in [2.24, 2.45) is 0 Å². The van der Waals surface area contributed by atoms with E-state index in [9.17, 15) is 10.1 Å². The van der Waals surface area contributed by atoms with E-state index in [2.05, 4.69) is 9.97 Å². The Balaban J connectivity index is 1.82. The summed E-state index contributed by atoms with van der Waals surface area (Å²) >= 11 is 12.3. The second-order valence-electron chi connectivity index (χ2n) is 6.53. The normalized spacial score (nSPS) is 11.3. The molecule has 0 unspecified atom stereocenters. The van der Waals surface area contributed by atoms with Crippen LogP contribution in [0.3, 0.4) is 0 Å². The highest BCUT2D eigenvalue weighted by atomic mass is 35.5. The lowest BCUT2D eigenvalue weighted by atomic mass is 10.2. The molecule has 0 aliphatic heterocycles. The Morgan fingerprint density at radius 1 is 0.833 bits per heavy atom. The molecule has 0 amide bonds. The highest BCUT2D eigenvalue weighted by Gasteiger charge is 2.19. The number of rotatable bonds is 3. The second kappa shape index (κ2) is 7.05. The minimum absolute atomic E-state index is 0.00191. The minimum Gasteiger partial charge on any atom is -0.275 e. The van der Waals surface area contributed by atoms with Crippen LogP contribution in [0.25, 0.3) is 39.4 Å². The first-order chi connectivity index (χ1) is 14.5. The number of nitro benzene ring substituents is 1. The van der Waals surface area contributed by atoms with Gasteiger partial charge in [0.15, 0.2) is 11.3 Å². The standard InChI is InChI=1S/C21H11Cl2N5O2/c22-15-10-9-14(11-16(15)23)27-20(12-5-7-13(8-6-12)28(29)30)26-19-21(27)25-18-4-2-1-3-17(18)24-19/h1-11H. The summed E-state index contributed by atoms with van der Waals surface area (Å²) in [5, 5.41) is 11.8. The van der Waals surface area contributed by atoms with Crippen LogP contribution in [0.4, 0.5) is 5.69 Å². The highest BCUT2D eigenvalue weighted by Crippen LogP contribution is 2.32. The number of hydrogen-bond donors (Lipinski definition) is 0. The molecule has 30 heavy (non-hydrogen) atoms. The molecular formula is C21H11Cl2N5O2. The third-order valence-corrected chi connectivity index (χ3v) is 5.41. The molecule has 0 saturated heterocycles. The van der Waals surface area contributed by atoms with Crippen LogP contribution in [0, 0.1) is 10.1 Å². The molecule has 0 fully saturated rings. The van der Waals surface area contributed by atoms with Crippen molar-refractivity contribution in [1.29, 1.82) is 0 Å². The number of aromatic nitrogens is 4. The summed E-state index contributed by atoms with van der Waals surface area (Å²) in [6.45, 7) is 0. The predicted octanol–water partition coefficient (Wildman–Crippen LogP) is 5.85. The summed E-state index contributed by atoms with van der Waals surface area (Å²) in [5.41, 5.74) is 3.81. The number of halogens is 2. The van der Waals surface area contributed by atoms with E-state index in [0.717, 1.165) is 11.0 Å². The van der Waals surface area contributed by atoms with Gasteiger partial charge in [0.05, 0.1) is 31.7 Å². The van der Waals surface area contributed by atoms with Crippen LogP contribution in [-0.4, -0.2) is 24.4 Å². The van der Waals surface area contributed by atoms with Gasteiger partial charge < -0.3 is 0 Å². The van der Waals surface area contributed by atoms with Crippen molar-refractivity contribution in [3.63, 3.8) is 0 Å². The summed E-state index contributed by atoms with van der Waals surface area (Å²) in [7, 11) is 0. The van der Waals surface area contributed by atoms with Gasteiger partial charge in [0.2, 0.25) is 0 Å². The van der Waals surface area contributed by atoms with E-state index in [1.165, 1.54) is 12.1 Å². The molecule has 5 rings (SSSR count). The first-order valence-electron chi connectivity index (χ1n) is 8.87. The molecule has 2 aromatic heterocycles. The van der Waals surface area contributed by atoms with Crippen molar-refractivity contribution in [1.82, 2.24) is 19.5 Å². The lowest BCUT2D eigenvalue weighted by molar-refractivity contribution is -0.384. The van der Waals surface area contributed by atoms with Crippen LogP contribution >= 0.6 is 23.2 Å². The van der Waals surface area contributed by atoms with Crippen molar-refractivity contribution in [2.45, 2.75) is 0 Å². The summed E-state index contributed by atoms with van der Waals surface area (Å²) in [6, 6.07) is 18.9. The molecule has 2 heterocycles. The average Bonchev–Trinajstić information content (AvgIpc) is 3.12. The van der Waals surface area contributed by atoms with Crippen LogP contribution in [0.2, 0.25) is 10.0 Å². The van der Waals surface area contributed by atoms with Gasteiger partial charge in [0.25, 0.3) is 5.69 Å². The number of nitro groups is 1. The Bertz CT molecular complexity index is 1450. The quantitative estimate of drug-likeness (QED) is 0.262. The van der Waals surface area contributed by atoms with Gasteiger partial charge in [-0.2, -0.15) is 0 Å². The number of benzene rings is 3. The molecule has 0 atom stereocenters. The van der Waals surface area contributed by atoms with E-state index in [1.807, 2.05) is 28.8 Å². The van der Waals surface area contributed by atoms with Gasteiger partial charge in [-0.25, -0.2) is 15.0 Å². The number of para-hydroxylation sites is 2. The van der Waals surface area contributed by atoms with Crippen molar-refractivity contribution in [2.75, 3.05) is 0 Å². The smallest absolute Gasteiger partial charge is 0.269 e. The zero-order valence-electron chi connectivity index (χ0n) is 15.2. The number of imidazole rings is 1. The molecule has 0 aliphatic rings. The molecule has 7 nitrogen and oxygen atoms in total. The molecule has 0 N–H and O–H groups in total. The number of hydrogen-bond acceptors (Lipinski definition) is 5. The topological polar surface area (TPSA) is 86.7 Å². The monoisotopic (exact) mass is 435 g/mol. The van der Waals surface area contributed by atoms with Crippen LogP contribution in [0.1, 0.15) is 0 Å². The van der Waals surface area contributed by atoms with Gasteiger partial charge in [-0.05, 0) is 42.5 Å².